The third-order valence-electron chi connectivity index (χ3n) is 3.13. The molecule has 6 nitrogen and oxygen atoms in total. The lowest BCUT2D eigenvalue weighted by molar-refractivity contribution is 0.432. The predicted molar refractivity (Wildman–Crippen MR) is 78.5 cm³/mol. The van der Waals surface area contributed by atoms with E-state index in [4.69, 9.17) is 10.3 Å². The topological polar surface area (TPSA) is 98.1 Å². The maximum absolute atomic E-state index is 9.43. The second kappa shape index (κ2) is 4.90. The molecule has 2 heterocycles. The van der Waals surface area contributed by atoms with Crippen LogP contribution < -0.4 is 5.73 Å². The van der Waals surface area contributed by atoms with Gasteiger partial charge in [0, 0.05) is 11.8 Å². The van der Waals surface area contributed by atoms with Crippen molar-refractivity contribution in [1.82, 2.24) is 15.1 Å². The van der Waals surface area contributed by atoms with E-state index in [1.54, 1.807) is 18.3 Å². The Labute approximate surface area is 121 Å². The summed E-state index contributed by atoms with van der Waals surface area (Å²) in [4.78, 5) is 8.67. The molecule has 0 aliphatic carbocycles. The Morgan fingerprint density at radius 1 is 1.19 bits per heavy atom. The van der Waals surface area contributed by atoms with Crippen molar-refractivity contribution in [2.45, 2.75) is 13.8 Å². The molecule has 0 atom stereocenters. The molecular formula is C15H14N4O2. The monoisotopic (exact) mass is 282 g/mol. The van der Waals surface area contributed by atoms with Crippen LogP contribution >= 0.6 is 0 Å². The number of aromatic nitrogens is 3. The van der Waals surface area contributed by atoms with Crippen LogP contribution in [0, 0.1) is 13.8 Å². The summed E-state index contributed by atoms with van der Waals surface area (Å²) < 4.78 is 5.25. The summed E-state index contributed by atoms with van der Waals surface area (Å²) in [5, 5.41) is 13.4. The lowest BCUT2D eigenvalue weighted by Gasteiger charge is -2.00. The molecule has 2 aromatic heterocycles. The van der Waals surface area contributed by atoms with Crippen molar-refractivity contribution < 1.29 is 9.63 Å². The summed E-state index contributed by atoms with van der Waals surface area (Å²) in [5.74, 6) is 0.780. The lowest BCUT2D eigenvalue weighted by Crippen LogP contribution is -1.91. The van der Waals surface area contributed by atoms with E-state index < -0.39 is 0 Å². The molecule has 3 aromatic rings. The van der Waals surface area contributed by atoms with Crippen LogP contribution in [-0.2, 0) is 0 Å². The molecule has 0 aliphatic heterocycles. The van der Waals surface area contributed by atoms with E-state index in [9.17, 15) is 5.11 Å². The van der Waals surface area contributed by atoms with E-state index in [-0.39, 0.29) is 11.4 Å². The zero-order valence-corrected chi connectivity index (χ0v) is 11.7. The third kappa shape index (κ3) is 2.43. The molecule has 3 rings (SSSR count). The highest BCUT2D eigenvalue weighted by Crippen LogP contribution is 2.28. The minimum Gasteiger partial charge on any atom is -0.506 e. The predicted octanol–water partition coefficient (Wildman–Crippen LogP) is 2.70. The molecule has 6 heteroatoms. The SMILES string of the molecule is Cc1cnc(-c2noc(-c3ccc(O)c(N)c3)n2)c(C)c1. The molecule has 0 saturated carbocycles. The van der Waals surface area contributed by atoms with Gasteiger partial charge in [-0.2, -0.15) is 4.98 Å². The number of nitrogen functional groups attached to an aromatic ring is 1. The number of nitrogens with zero attached hydrogens (tertiary/aromatic N) is 3. The van der Waals surface area contributed by atoms with Gasteiger partial charge in [-0.25, -0.2) is 0 Å². The summed E-state index contributed by atoms with van der Waals surface area (Å²) in [6.07, 6.45) is 1.76. The van der Waals surface area contributed by atoms with E-state index in [1.807, 2.05) is 19.9 Å². The summed E-state index contributed by atoms with van der Waals surface area (Å²) >= 11 is 0. The van der Waals surface area contributed by atoms with Gasteiger partial charge in [0.15, 0.2) is 0 Å². The fraction of sp³-hybridized carbons (Fsp3) is 0.133. The molecule has 106 valence electrons. The van der Waals surface area contributed by atoms with Gasteiger partial charge in [-0.05, 0) is 43.2 Å². The number of rotatable bonds is 2. The number of anilines is 1. The maximum Gasteiger partial charge on any atom is 0.258 e. The first-order valence-electron chi connectivity index (χ1n) is 6.41. The van der Waals surface area contributed by atoms with Crippen LogP contribution in [0.2, 0.25) is 0 Å². The number of aromatic hydroxyl groups is 1. The molecule has 0 radical (unpaired) electrons. The van der Waals surface area contributed by atoms with E-state index >= 15 is 0 Å². The fourth-order valence-corrected chi connectivity index (χ4v) is 2.07. The summed E-state index contributed by atoms with van der Waals surface area (Å²) in [6.45, 7) is 3.93. The van der Waals surface area contributed by atoms with Crippen molar-refractivity contribution in [1.29, 1.82) is 0 Å². The van der Waals surface area contributed by atoms with Crippen LogP contribution in [0.3, 0.4) is 0 Å². The first-order chi connectivity index (χ1) is 10.0. The van der Waals surface area contributed by atoms with Crippen molar-refractivity contribution >= 4 is 5.69 Å². The quantitative estimate of drug-likeness (QED) is 0.554. The molecule has 21 heavy (non-hydrogen) atoms. The Kier molecular flexibility index (Phi) is 3.06. The van der Waals surface area contributed by atoms with Gasteiger partial charge in [-0.3, -0.25) is 4.98 Å². The van der Waals surface area contributed by atoms with Crippen molar-refractivity contribution in [3.63, 3.8) is 0 Å². The molecule has 1 aromatic carbocycles. The Bertz CT molecular complexity index is 811. The molecule has 0 aliphatic rings. The normalized spacial score (nSPS) is 10.8. The van der Waals surface area contributed by atoms with Crippen LogP contribution in [0.5, 0.6) is 5.75 Å². The molecule has 0 saturated heterocycles. The molecule has 0 unspecified atom stereocenters. The van der Waals surface area contributed by atoms with Crippen LogP contribution in [0.1, 0.15) is 11.1 Å². The smallest absolute Gasteiger partial charge is 0.258 e. The number of pyridine rings is 1. The lowest BCUT2D eigenvalue weighted by atomic mass is 10.1. The molecule has 0 amide bonds. The number of hydrogen-bond acceptors (Lipinski definition) is 6. The maximum atomic E-state index is 9.43. The van der Waals surface area contributed by atoms with Gasteiger partial charge in [0.1, 0.15) is 11.4 Å². The standard InChI is InChI=1S/C15H14N4O2/c1-8-5-9(2)13(17-7-8)14-18-15(21-19-14)10-3-4-12(20)11(16)6-10/h3-7,20H,16H2,1-2H3. The fourth-order valence-electron chi connectivity index (χ4n) is 2.07. The minimum absolute atomic E-state index is 0.0227. The highest BCUT2D eigenvalue weighted by atomic mass is 16.5. The minimum atomic E-state index is 0.0227. The van der Waals surface area contributed by atoms with Crippen molar-refractivity contribution in [2.75, 3.05) is 5.73 Å². The van der Waals surface area contributed by atoms with E-state index in [1.165, 1.54) is 6.07 Å². The molecule has 0 fully saturated rings. The Balaban J connectivity index is 2.01. The number of aryl methyl sites for hydroxylation is 2. The van der Waals surface area contributed by atoms with Crippen LogP contribution in [0.4, 0.5) is 5.69 Å². The van der Waals surface area contributed by atoms with Gasteiger partial charge < -0.3 is 15.4 Å². The third-order valence-corrected chi connectivity index (χ3v) is 3.13. The highest BCUT2D eigenvalue weighted by Gasteiger charge is 2.14. The summed E-state index contributed by atoms with van der Waals surface area (Å²) in [5.41, 5.74) is 9.31. The van der Waals surface area contributed by atoms with Crippen LogP contribution in [-0.4, -0.2) is 20.2 Å². The van der Waals surface area contributed by atoms with Gasteiger partial charge in [-0.15, -0.1) is 0 Å². The van der Waals surface area contributed by atoms with Crippen LogP contribution in [0.25, 0.3) is 23.0 Å². The zero-order valence-electron chi connectivity index (χ0n) is 11.7. The number of phenolic OH excluding ortho intramolecular Hbond substituents is 1. The van der Waals surface area contributed by atoms with Crippen molar-refractivity contribution in [3.8, 4) is 28.7 Å². The van der Waals surface area contributed by atoms with Gasteiger partial charge in [0.25, 0.3) is 5.89 Å². The van der Waals surface area contributed by atoms with E-state index in [0.29, 0.717) is 23.0 Å². The average molecular weight is 282 g/mol. The van der Waals surface area contributed by atoms with E-state index in [2.05, 4.69) is 15.1 Å². The largest absolute Gasteiger partial charge is 0.506 e. The van der Waals surface area contributed by atoms with Gasteiger partial charge >= 0.3 is 0 Å². The van der Waals surface area contributed by atoms with Crippen LogP contribution in [0.15, 0.2) is 35.0 Å². The highest BCUT2D eigenvalue weighted by molar-refractivity contribution is 5.66. The molecular weight excluding hydrogens is 268 g/mol. The second-order valence-corrected chi connectivity index (χ2v) is 4.87. The summed E-state index contributed by atoms with van der Waals surface area (Å²) in [6, 6.07) is 6.75. The first kappa shape index (κ1) is 13.1. The van der Waals surface area contributed by atoms with Gasteiger partial charge in [-0.1, -0.05) is 11.2 Å². The first-order valence-corrected chi connectivity index (χ1v) is 6.41. The van der Waals surface area contributed by atoms with Crippen molar-refractivity contribution in [2.24, 2.45) is 0 Å². The number of nitrogens with two attached hydrogens (primary N) is 1. The molecule has 0 bridgehead atoms. The number of benzene rings is 1. The molecule has 3 N–H and O–H groups in total. The molecule has 0 spiro atoms. The van der Waals surface area contributed by atoms with Crippen molar-refractivity contribution in [3.05, 3.63) is 41.6 Å². The summed E-state index contributed by atoms with van der Waals surface area (Å²) in [7, 11) is 0. The Morgan fingerprint density at radius 2 is 2.00 bits per heavy atom. The number of hydrogen-bond donors (Lipinski definition) is 2. The zero-order chi connectivity index (χ0) is 15.0. The van der Waals surface area contributed by atoms with Gasteiger partial charge in [0.2, 0.25) is 5.82 Å². The Hall–Kier alpha value is -2.89. The average Bonchev–Trinajstić information content (AvgIpc) is 2.91. The Morgan fingerprint density at radius 3 is 2.71 bits per heavy atom. The number of phenols is 1. The van der Waals surface area contributed by atoms with E-state index in [0.717, 1.165) is 11.1 Å². The van der Waals surface area contributed by atoms with Gasteiger partial charge in [0.05, 0.1) is 5.69 Å². The second-order valence-electron chi connectivity index (χ2n) is 4.87.